The van der Waals surface area contributed by atoms with Gasteiger partial charge in [-0.15, -0.1) is 0 Å². The fourth-order valence-electron chi connectivity index (χ4n) is 0.482. The smallest absolute Gasteiger partial charge is 0.332 e. The highest BCUT2D eigenvalue weighted by Crippen LogP contribution is 1.90. The van der Waals surface area contributed by atoms with Gasteiger partial charge in [-0.05, 0) is 13.8 Å². The average Bonchev–Trinajstić information content (AvgIpc) is 1.82. The Morgan fingerprint density at radius 3 is 2.36 bits per heavy atom. The molecule has 0 spiro atoms. The van der Waals surface area contributed by atoms with Crippen molar-refractivity contribution in [3.8, 4) is 0 Å². The van der Waals surface area contributed by atoms with Crippen molar-refractivity contribution < 1.29 is 9.53 Å². The summed E-state index contributed by atoms with van der Waals surface area (Å²) in [5.74, 6) is -0.297. The van der Waals surface area contributed by atoms with Crippen LogP contribution in [-0.2, 0) is 9.53 Å². The zero-order valence-electron chi connectivity index (χ0n) is 7.50. The maximum absolute atomic E-state index is 10.8. The molecule has 0 rings (SSSR count). The van der Waals surface area contributed by atoms with Gasteiger partial charge in [-0.2, -0.15) is 0 Å². The molecule has 0 aliphatic carbocycles. The van der Waals surface area contributed by atoms with Crippen molar-refractivity contribution in [2.24, 2.45) is 0 Å². The Balaban J connectivity index is 3.69. The Kier molecular flexibility index (Phi) is 4.34. The topological polar surface area (TPSA) is 29.5 Å². The molecule has 11 heavy (non-hydrogen) atoms. The van der Waals surface area contributed by atoms with Gasteiger partial charge in [0.2, 0.25) is 0 Å². The van der Waals surface area contributed by atoms with Crippen LogP contribution in [0.1, 0.15) is 13.8 Å². The van der Waals surface area contributed by atoms with E-state index >= 15 is 0 Å². The van der Waals surface area contributed by atoms with E-state index < -0.39 is 0 Å². The van der Waals surface area contributed by atoms with E-state index in [1.807, 2.05) is 27.9 Å². The minimum atomic E-state index is -0.297. The Morgan fingerprint density at radius 2 is 2.00 bits per heavy atom. The molecule has 3 nitrogen and oxygen atoms in total. The molecule has 0 aromatic rings. The minimum absolute atomic E-state index is 0.0469. The standard InChI is InChI=1S/C8H15NO2/c1-7(2)11-8(10)5-6-9(3)4/h5-7H,1-4H3/b6-5-. The molecule has 0 aromatic carbocycles. The molecule has 0 saturated carbocycles. The first-order chi connectivity index (χ1) is 5.02. The summed E-state index contributed by atoms with van der Waals surface area (Å²) < 4.78 is 4.85. The van der Waals surface area contributed by atoms with Gasteiger partial charge >= 0.3 is 5.97 Å². The summed E-state index contributed by atoms with van der Waals surface area (Å²) in [6, 6.07) is 0. The number of ether oxygens (including phenoxy) is 1. The van der Waals surface area contributed by atoms with Gasteiger partial charge in [0.25, 0.3) is 0 Å². The maximum atomic E-state index is 10.8. The molecule has 0 amide bonds. The lowest BCUT2D eigenvalue weighted by molar-refractivity contribution is -0.141. The van der Waals surface area contributed by atoms with Gasteiger partial charge in [0, 0.05) is 26.4 Å². The molecule has 0 unspecified atom stereocenters. The first-order valence-electron chi connectivity index (χ1n) is 3.57. The Labute approximate surface area is 67.6 Å². The molecule has 0 fully saturated rings. The van der Waals surface area contributed by atoms with E-state index in [-0.39, 0.29) is 12.1 Å². The van der Waals surface area contributed by atoms with E-state index in [1.54, 1.807) is 11.1 Å². The van der Waals surface area contributed by atoms with Crippen LogP contribution < -0.4 is 0 Å². The van der Waals surface area contributed by atoms with Gasteiger partial charge in [0.1, 0.15) is 0 Å². The first-order valence-corrected chi connectivity index (χ1v) is 3.57. The van der Waals surface area contributed by atoms with Gasteiger partial charge in [0.15, 0.2) is 0 Å². The predicted molar refractivity (Wildman–Crippen MR) is 44.1 cm³/mol. The summed E-state index contributed by atoms with van der Waals surface area (Å²) in [5, 5.41) is 0. The molecule has 0 heterocycles. The molecule has 0 radical (unpaired) electrons. The lowest BCUT2D eigenvalue weighted by atomic mass is 10.5. The van der Waals surface area contributed by atoms with Crippen molar-refractivity contribution in [2.75, 3.05) is 14.1 Å². The zero-order chi connectivity index (χ0) is 8.85. The zero-order valence-corrected chi connectivity index (χ0v) is 7.50. The molecular weight excluding hydrogens is 142 g/mol. The number of hydrogen-bond acceptors (Lipinski definition) is 3. The SMILES string of the molecule is CC(C)OC(=O)/C=C\N(C)C. The highest BCUT2D eigenvalue weighted by Gasteiger charge is 1.98. The van der Waals surface area contributed by atoms with Gasteiger partial charge in [-0.25, -0.2) is 4.79 Å². The quantitative estimate of drug-likeness (QED) is 0.452. The van der Waals surface area contributed by atoms with Crippen molar-refractivity contribution in [1.82, 2.24) is 4.90 Å². The van der Waals surface area contributed by atoms with Crippen LogP contribution >= 0.6 is 0 Å². The average molecular weight is 157 g/mol. The number of carbonyl (C=O) groups is 1. The number of carbonyl (C=O) groups excluding carboxylic acids is 1. The first kappa shape index (κ1) is 10.0. The minimum Gasteiger partial charge on any atom is -0.460 e. The summed E-state index contributed by atoms with van der Waals surface area (Å²) in [4.78, 5) is 12.6. The lowest BCUT2D eigenvalue weighted by Gasteiger charge is -2.06. The van der Waals surface area contributed by atoms with Crippen LogP contribution in [0.4, 0.5) is 0 Å². The monoisotopic (exact) mass is 157 g/mol. The van der Waals surface area contributed by atoms with E-state index in [0.717, 1.165) is 0 Å². The maximum Gasteiger partial charge on any atom is 0.332 e. The molecule has 64 valence electrons. The fourth-order valence-corrected chi connectivity index (χ4v) is 0.482. The lowest BCUT2D eigenvalue weighted by Crippen LogP contribution is -2.10. The third-order valence-electron chi connectivity index (χ3n) is 0.861. The van der Waals surface area contributed by atoms with Crippen LogP contribution in [0, 0.1) is 0 Å². The van der Waals surface area contributed by atoms with Gasteiger partial charge in [-0.1, -0.05) is 0 Å². The van der Waals surface area contributed by atoms with E-state index in [1.165, 1.54) is 6.08 Å². The molecule has 0 aliphatic heterocycles. The van der Waals surface area contributed by atoms with E-state index in [2.05, 4.69) is 0 Å². The second-order valence-corrected chi connectivity index (χ2v) is 2.76. The van der Waals surface area contributed by atoms with Crippen molar-refractivity contribution in [3.63, 3.8) is 0 Å². The molecule has 0 atom stereocenters. The van der Waals surface area contributed by atoms with E-state index in [0.29, 0.717) is 0 Å². The Hall–Kier alpha value is -0.990. The summed E-state index contributed by atoms with van der Waals surface area (Å²) in [6.07, 6.45) is 3.01. The second-order valence-electron chi connectivity index (χ2n) is 2.76. The molecule has 0 bridgehead atoms. The van der Waals surface area contributed by atoms with Crippen molar-refractivity contribution >= 4 is 5.97 Å². The molecule has 0 saturated heterocycles. The van der Waals surface area contributed by atoms with Crippen LogP contribution in [0.2, 0.25) is 0 Å². The molecule has 0 N–H and O–H groups in total. The number of rotatable bonds is 3. The third kappa shape index (κ3) is 6.90. The largest absolute Gasteiger partial charge is 0.460 e. The highest BCUT2D eigenvalue weighted by molar-refractivity contribution is 5.81. The van der Waals surface area contributed by atoms with Crippen LogP contribution in [-0.4, -0.2) is 31.1 Å². The second kappa shape index (κ2) is 4.77. The summed E-state index contributed by atoms with van der Waals surface area (Å²) in [5.41, 5.74) is 0. The van der Waals surface area contributed by atoms with Crippen molar-refractivity contribution in [1.29, 1.82) is 0 Å². The van der Waals surface area contributed by atoms with Gasteiger partial charge < -0.3 is 9.64 Å². The summed E-state index contributed by atoms with van der Waals surface area (Å²) in [6.45, 7) is 3.64. The van der Waals surface area contributed by atoms with Crippen LogP contribution in [0.15, 0.2) is 12.3 Å². The third-order valence-corrected chi connectivity index (χ3v) is 0.861. The van der Waals surface area contributed by atoms with Crippen molar-refractivity contribution in [2.45, 2.75) is 20.0 Å². The number of esters is 1. The van der Waals surface area contributed by atoms with Gasteiger partial charge in [0.05, 0.1) is 6.10 Å². The summed E-state index contributed by atoms with van der Waals surface area (Å²) in [7, 11) is 3.69. The van der Waals surface area contributed by atoms with E-state index in [4.69, 9.17) is 4.74 Å². The van der Waals surface area contributed by atoms with E-state index in [9.17, 15) is 4.79 Å². The van der Waals surface area contributed by atoms with Gasteiger partial charge in [-0.3, -0.25) is 0 Å². The fraction of sp³-hybridized carbons (Fsp3) is 0.625. The molecule has 0 aliphatic rings. The number of hydrogen-bond donors (Lipinski definition) is 0. The number of nitrogens with zero attached hydrogens (tertiary/aromatic N) is 1. The van der Waals surface area contributed by atoms with Crippen LogP contribution in [0.3, 0.4) is 0 Å². The van der Waals surface area contributed by atoms with Crippen LogP contribution in [0.5, 0.6) is 0 Å². The molecule has 0 aromatic heterocycles. The summed E-state index contributed by atoms with van der Waals surface area (Å²) >= 11 is 0. The van der Waals surface area contributed by atoms with Crippen molar-refractivity contribution in [3.05, 3.63) is 12.3 Å². The molecule has 3 heteroatoms. The predicted octanol–water partition coefficient (Wildman–Crippen LogP) is 1.01. The Bertz CT molecular complexity index is 150. The van der Waals surface area contributed by atoms with Crippen LogP contribution in [0.25, 0.3) is 0 Å². The normalized spacial score (nSPS) is 10.6. The highest BCUT2D eigenvalue weighted by atomic mass is 16.5. The molecular formula is C8H15NO2. The Morgan fingerprint density at radius 1 is 1.45 bits per heavy atom.